The second kappa shape index (κ2) is 1.83. The van der Waals surface area contributed by atoms with Crippen molar-refractivity contribution < 1.29 is 0 Å². The molecule has 0 aromatic rings. The molecular formula is C5H7Cl. The van der Waals surface area contributed by atoms with Gasteiger partial charge >= 0.3 is 0 Å². The zero-order chi connectivity index (χ0) is 4.41. The first-order chi connectivity index (χ1) is 2.93. The van der Waals surface area contributed by atoms with Gasteiger partial charge in [0, 0.05) is 0 Å². The van der Waals surface area contributed by atoms with E-state index in [1.807, 2.05) is 0 Å². The summed E-state index contributed by atoms with van der Waals surface area (Å²) in [5, 5.41) is 0. The summed E-state index contributed by atoms with van der Waals surface area (Å²) in [7, 11) is 0. The molecule has 0 unspecified atom stereocenters. The Labute approximate surface area is 43.5 Å². The Morgan fingerprint density at radius 1 is 1.50 bits per heavy atom. The van der Waals surface area contributed by atoms with Gasteiger partial charge in [-0.25, -0.2) is 0 Å². The van der Waals surface area contributed by atoms with Crippen molar-refractivity contribution in [3.63, 3.8) is 0 Å². The van der Waals surface area contributed by atoms with Gasteiger partial charge in [0.2, 0.25) is 0 Å². The van der Waals surface area contributed by atoms with Crippen molar-refractivity contribution in [1.29, 1.82) is 0 Å². The molecule has 0 nitrogen and oxygen atoms in total. The van der Waals surface area contributed by atoms with E-state index < -0.39 is 0 Å². The molecule has 0 atom stereocenters. The molecule has 1 heteroatoms. The van der Waals surface area contributed by atoms with Crippen molar-refractivity contribution in [1.82, 2.24) is 0 Å². The van der Waals surface area contributed by atoms with Crippen LogP contribution >= 0.6 is 11.6 Å². The summed E-state index contributed by atoms with van der Waals surface area (Å²) in [6, 6.07) is 0. The summed E-state index contributed by atoms with van der Waals surface area (Å²) in [5.74, 6) is 3.30. The summed E-state index contributed by atoms with van der Waals surface area (Å²) in [5.41, 5.74) is 0. The topological polar surface area (TPSA) is 0 Å². The fraction of sp³-hybridized carbons (Fsp3) is 0.800. The maximum absolute atomic E-state index is 5.25. The Balaban J connectivity index is 2.01. The minimum absolute atomic E-state index is 0.631. The van der Waals surface area contributed by atoms with E-state index in [2.05, 4.69) is 5.88 Å². The molecular weight excluding hydrogens is 95.5 g/mol. The van der Waals surface area contributed by atoms with Crippen molar-refractivity contribution in [3.8, 4) is 0 Å². The fourth-order valence-electron chi connectivity index (χ4n) is 0.517. The maximum atomic E-state index is 5.25. The van der Waals surface area contributed by atoms with Crippen molar-refractivity contribution in [2.75, 3.05) is 0 Å². The Hall–Kier alpha value is 0.290. The van der Waals surface area contributed by atoms with Gasteiger partial charge in [-0.15, -0.1) is 11.6 Å². The number of hydrogen-bond donors (Lipinski definition) is 0. The monoisotopic (exact) mass is 102 g/mol. The molecule has 0 bridgehead atoms. The van der Waals surface area contributed by atoms with Gasteiger partial charge in [-0.3, -0.25) is 0 Å². The van der Waals surface area contributed by atoms with Crippen LogP contribution in [0.3, 0.4) is 0 Å². The predicted octanol–water partition coefficient (Wildman–Crippen LogP) is 2.06. The van der Waals surface area contributed by atoms with Crippen LogP contribution in [0.25, 0.3) is 0 Å². The molecule has 0 heterocycles. The highest BCUT2D eigenvalue weighted by atomic mass is 35.5. The average molecular weight is 103 g/mol. The van der Waals surface area contributed by atoms with Crippen LogP contribution in [0, 0.1) is 11.8 Å². The molecule has 2 radical (unpaired) electrons. The van der Waals surface area contributed by atoms with E-state index in [0.717, 1.165) is 0 Å². The second-order valence-electron chi connectivity index (χ2n) is 1.74. The molecule has 0 aromatic heterocycles. The molecule has 1 fully saturated rings. The van der Waals surface area contributed by atoms with Crippen molar-refractivity contribution in [2.45, 2.75) is 19.3 Å². The average Bonchev–Trinajstić information content (AvgIpc) is 1.31. The lowest BCUT2D eigenvalue weighted by molar-refractivity contribution is 0.377. The maximum Gasteiger partial charge on any atom is 0.0897 e. The minimum Gasteiger partial charge on any atom is -0.115 e. The first kappa shape index (κ1) is 4.45. The van der Waals surface area contributed by atoms with Crippen LogP contribution in [-0.4, -0.2) is 0 Å². The quantitative estimate of drug-likeness (QED) is 0.476. The van der Waals surface area contributed by atoms with Crippen molar-refractivity contribution >= 4 is 11.6 Å². The second-order valence-corrected chi connectivity index (χ2v) is 1.96. The largest absolute Gasteiger partial charge is 0.115 e. The summed E-state index contributed by atoms with van der Waals surface area (Å²) in [6.45, 7) is 0. The van der Waals surface area contributed by atoms with E-state index in [1.54, 1.807) is 0 Å². The van der Waals surface area contributed by atoms with Gasteiger partial charge in [-0.05, 0) is 18.8 Å². The third-order valence-electron chi connectivity index (χ3n) is 1.26. The van der Waals surface area contributed by atoms with Crippen LogP contribution in [-0.2, 0) is 0 Å². The SMILES string of the molecule is Cl[C]C1CCC1. The van der Waals surface area contributed by atoms with E-state index in [0.29, 0.717) is 5.92 Å². The Morgan fingerprint density at radius 2 is 2.17 bits per heavy atom. The summed E-state index contributed by atoms with van der Waals surface area (Å²) < 4.78 is 0. The molecule has 1 aliphatic rings. The minimum atomic E-state index is 0.631. The van der Waals surface area contributed by atoms with Crippen LogP contribution in [0.1, 0.15) is 19.3 Å². The van der Waals surface area contributed by atoms with Gasteiger partial charge in [0.25, 0.3) is 0 Å². The molecule has 1 aliphatic carbocycles. The first-order valence-electron chi connectivity index (χ1n) is 2.29. The predicted molar refractivity (Wildman–Crippen MR) is 26.4 cm³/mol. The molecule has 0 saturated heterocycles. The molecule has 0 amide bonds. The molecule has 34 valence electrons. The molecule has 1 rings (SSSR count). The van der Waals surface area contributed by atoms with Crippen LogP contribution in [0.2, 0.25) is 0 Å². The fourth-order valence-corrected chi connectivity index (χ4v) is 0.736. The van der Waals surface area contributed by atoms with Gasteiger partial charge in [0.15, 0.2) is 0 Å². The standard InChI is InChI=1S/C5H7Cl/c6-4-5-2-1-3-5/h5H,1-3H2. The lowest BCUT2D eigenvalue weighted by atomic mass is 9.87. The van der Waals surface area contributed by atoms with E-state index in [4.69, 9.17) is 11.6 Å². The summed E-state index contributed by atoms with van der Waals surface area (Å²) >= 11 is 5.25. The number of rotatable bonds is 1. The van der Waals surface area contributed by atoms with E-state index >= 15 is 0 Å². The molecule has 0 spiro atoms. The number of hydrogen-bond acceptors (Lipinski definition) is 0. The third kappa shape index (κ3) is 0.676. The van der Waals surface area contributed by atoms with Crippen molar-refractivity contribution in [2.24, 2.45) is 5.92 Å². The number of halogens is 1. The van der Waals surface area contributed by atoms with E-state index in [9.17, 15) is 0 Å². The van der Waals surface area contributed by atoms with Crippen LogP contribution < -0.4 is 0 Å². The highest BCUT2D eigenvalue weighted by molar-refractivity contribution is 6.23. The molecule has 6 heavy (non-hydrogen) atoms. The van der Waals surface area contributed by atoms with E-state index in [1.165, 1.54) is 19.3 Å². The van der Waals surface area contributed by atoms with Crippen LogP contribution in [0.4, 0.5) is 0 Å². The van der Waals surface area contributed by atoms with Gasteiger partial charge in [-0.2, -0.15) is 0 Å². The van der Waals surface area contributed by atoms with Crippen LogP contribution in [0.15, 0.2) is 0 Å². The molecule has 0 aliphatic heterocycles. The van der Waals surface area contributed by atoms with Gasteiger partial charge in [0.1, 0.15) is 0 Å². The summed E-state index contributed by atoms with van der Waals surface area (Å²) in [6.07, 6.45) is 3.89. The van der Waals surface area contributed by atoms with Gasteiger partial charge in [0.05, 0.1) is 5.88 Å². The highest BCUT2D eigenvalue weighted by Gasteiger charge is 2.15. The zero-order valence-electron chi connectivity index (χ0n) is 3.58. The normalized spacial score (nSPS) is 23.5. The Kier molecular flexibility index (Phi) is 1.36. The third-order valence-corrected chi connectivity index (χ3v) is 1.57. The first-order valence-corrected chi connectivity index (χ1v) is 2.67. The van der Waals surface area contributed by atoms with Gasteiger partial charge in [-0.1, -0.05) is 6.42 Å². The van der Waals surface area contributed by atoms with Gasteiger partial charge < -0.3 is 0 Å². The molecule has 0 aromatic carbocycles. The molecule has 1 saturated carbocycles. The van der Waals surface area contributed by atoms with Crippen LogP contribution in [0.5, 0.6) is 0 Å². The smallest absolute Gasteiger partial charge is 0.0897 e. The summed E-state index contributed by atoms with van der Waals surface area (Å²) in [4.78, 5) is 0. The zero-order valence-corrected chi connectivity index (χ0v) is 4.33. The Morgan fingerprint density at radius 3 is 2.17 bits per heavy atom. The Bertz CT molecular complexity index is 36.4. The lowest BCUT2D eigenvalue weighted by Crippen LogP contribution is -2.07. The van der Waals surface area contributed by atoms with E-state index in [-0.39, 0.29) is 0 Å². The molecule has 0 N–H and O–H groups in total. The van der Waals surface area contributed by atoms with Crippen molar-refractivity contribution in [3.05, 3.63) is 5.88 Å². The highest BCUT2D eigenvalue weighted by Crippen LogP contribution is 2.29. The lowest BCUT2D eigenvalue weighted by Gasteiger charge is -2.20.